The van der Waals surface area contributed by atoms with Crippen LogP contribution in [0.1, 0.15) is 39.7 Å². The van der Waals surface area contributed by atoms with Gasteiger partial charge in [-0.3, -0.25) is 0 Å². The van der Waals surface area contributed by atoms with Crippen LogP contribution >= 0.6 is 11.6 Å². The summed E-state index contributed by atoms with van der Waals surface area (Å²) in [5.41, 5.74) is 4.20. The Hall–Kier alpha value is -3.03. The number of nitrogens with one attached hydrogen (secondary N) is 3. The zero-order chi connectivity index (χ0) is 25.5. The van der Waals surface area contributed by atoms with Gasteiger partial charge in [0.1, 0.15) is 10.8 Å². The molecule has 0 amide bonds. The first-order valence-corrected chi connectivity index (χ1v) is 13.2. The fourth-order valence-electron chi connectivity index (χ4n) is 4.56. The van der Waals surface area contributed by atoms with E-state index >= 15 is 0 Å². The Bertz CT molecular complexity index is 1150. The third-order valence-corrected chi connectivity index (χ3v) is 6.48. The van der Waals surface area contributed by atoms with Crippen molar-refractivity contribution in [1.29, 1.82) is 0 Å². The molecule has 0 bridgehead atoms. The summed E-state index contributed by atoms with van der Waals surface area (Å²) < 4.78 is 5.98. The highest BCUT2D eigenvalue weighted by atomic mass is 35.5. The summed E-state index contributed by atoms with van der Waals surface area (Å²) in [6, 6.07) is 15.0. The second-order valence-corrected chi connectivity index (χ2v) is 9.91. The molecule has 0 saturated carbocycles. The monoisotopic (exact) mass is 508 g/mol. The molecule has 2 heterocycles. The van der Waals surface area contributed by atoms with Gasteiger partial charge < -0.3 is 25.6 Å². The predicted octanol–water partition coefficient (Wildman–Crippen LogP) is 6.40. The van der Waals surface area contributed by atoms with Crippen LogP contribution in [-0.4, -0.2) is 42.3 Å². The summed E-state index contributed by atoms with van der Waals surface area (Å²) >= 11 is 6.47. The fraction of sp³-hybridized carbons (Fsp3) is 0.429. The van der Waals surface area contributed by atoms with Crippen LogP contribution in [0.2, 0.25) is 5.02 Å². The number of likely N-dealkylation sites (N-methyl/N-ethyl adjacent to an activating group) is 1. The molecule has 0 unspecified atom stereocenters. The van der Waals surface area contributed by atoms with Gasteiger partial charge in [-0.25, -0.2) is 4.98 Å². The van der Waals surface area contributed by atoms with E-state index in [1.807, 2.05) is 25.1 Å². The lowest BCUT2D eigenvalue weighted by Gasteiger charge is -2.21. The number of ether oxygens (including phenoxy) is 1. The van der Waals surface area contributed by atoms with Crippen LogP contribution in [0.25, 0.3) is 0 Å². The number of anilines is 5. The minimum absolute atomic E-state index is 0.449. The predicted molar refractivity (Wildman–Crippen MR) is 150 cm³/mol. The van der Waals surface area contributed by atoms with E-state index in [0.717, 1.165) is 55.3 Å². The molecular weight excluding hydrogens is 472 g/mol. The van der Waals surface area contributed by atoms with Gasteiger partial charge in [0.05, 0.1) is 18.5 Å². The van der Waals surface area contributed by atoms with E-state index in [0.29, 0.717) is 35.4 Å². The van der Waals surface area contributed by atoms with Crippen LogP contribution in [0.15, 0.2) is 48.7 Å². The van der Waals surface area contributed by atoms with Crippen molar-refractivity contribution in [2.24, 2.45) is 5.92 Å². The van der Waals surface area contributed by atoms with E-state index in [9.17, 15) is 0 Å². The molecule has 1 fully saturated rings. The van der Waals surface area contributed by atoms with Crippen LogP contribution in [0.4, 0.5) is 28.8 Å². The van der Waals surface area contributed by atoms with Gasteiger partial charge in [-0.2, -0.15) is 4.98 Å². The maximum Gasteiger partial charge on any atom is 0.229 e. The van der Waals surface area contributed by atoms with Crippen molar-refractivity contribution in [3.05, 3.63) is 59.2 Å². The molecule has 0 aliphatic carbocycles. The molecular formula is C28H37ClN6O. The number of rotatable bonds is 11. The first-order valence-electron chi connectivity index (χ1n) is 12.9. The minimum Gasteiger partial charge on any atom is -0.492 e. The normalized spacial score (nSPS) is 15.4. The number of aromatic nitrogens is 2. The standard InChI is InChI=1S/C28H37ClN6O/c1-5-30-21-13-14-35(18-21)22-11-12-25(26(16-22)36-6-2)33-28-31-17-23(29)27(34-28)32-24-10-8-7-9-20(24)15-19(3)4/h7-12,16-17,19,21,30H,5-6,13-15,18H2,1-4H3,(H2,31,32,33,34)/t21-/m1/s1. The van der Waals surface area contributed by atoms with Crippen LogP contribution in [0, 0.1) is 5.92 Å². The maximum atomic E-state index is 6.47. The zero-order valence-electron chi connectivity index (χ0n) is 21.6. The van der Waals surface area contributed by atoms with Crippen molar-refractivity contribution in [1.82, 2.24) is 15.3 Å². The lowest BCUT2D eigenvalue weighted by molar-refractivity contribution is 0.342. The first kappa shape index (κ1) is 26.0. The molecule has 8 heteroatoms. The molecule has 1 aliphatic rings. The van der Waals surface area contributed by atoms with Crippen molar-refractivity contribution in [2.75, 3.05) is 41.8 Å². The molecule has 36 heavy (non-hydrogen) atoms. The highest BCUT2D eigenvalue weighted by Crippen LogP contribution is 2.34. The van der Waals surface area contributed by atoms with Crippen molar-refractivity contribution in [3.8, 4) is 5.75 Å². The average Bonchev–Trinajstić information content (AvgIpc) is 3.32. The van der Waals surface area contributed by atoms with Crippen LogP contribution in [0.5, 0.6) is 5.75 Å². The van der Waals surface area contributed by atoms with E-state index in [1.54, 1.807) is 6.20 Å². The number of hydrogen-bond donors (Lipinski definition) is 3. The molecule has 1 aromatic heterocycles. The van der Waals surface area contributed by atoms with E-state index in [1.165, 1.54) is 5.56 Å². The lowest BCUT2D eigenvalue weighted by atomic mass is 10.0. The van der Waals surface area contributed by atoms with Crippen LogP contribution in [-0.2, 0) is 6.42 Å². The van der Waals surface area contributed by atoms with Gasteiger partial charge in [0, 0.05) is 36.6 Å². The number of halogens is 1. The summed E-state index contributed by atoms with van der Waals surface area (Å²) in [6.45, 7) is 12.2. The molecule has 1 atom stereocenters. The Labute approximate surface area is 219 Å². The van der Waals surface area contributed by atoms with Gasteiger partial charge >= 0.3 is 0 Å². The zero-order valence-corrected chi connectivity index (χ0v) is 22.4. The quantitative estimate of drug-likeness (QED) is 0.276. The van der Waals surface area contributed by atoms with Gasteiger partial charge in [-0.15, -0.1) is 0 Å². The first-order chi connectivity index (χ1) is 17.5. The Morgan fingerprint density at radius 3 is 2.72 bits per heavy atom. The molecule has 3 N–H and O–H groups in total. The topological polar surface area (TPSA) is 74.3 Å². The highest BCUT2D eigenvalue weighted by Gasteiger charge is 2.22. The van der Waals surface area contributed by atoms with Gasteiger partial charge in [0.15, 0.2) is 5.82 Å². The Morgan fingerprint density at radius 2 is 1.94 bits per heavy atom. The fourth-order valence-corrected chi connectivity index (χ4v) is 4.70. The van der Waals surface area contributed by atoms with Crippen LogP contribution in [0.3, 0.4) is 0 Å². The summed E-state index contributed by atoms with van der Waals surface area (Å²) in [7, 11) is 0. The summed E-state index contributed by atoms with van der Waals surface area (Å²) in [6.07, 6.45) is 3.73. The minimum atomic E-state index is 0.449. The smallest absolute Gasteiger partial charge is 0.229 e. The molecule has 192 valence electrons. The molecule has 0 radical (unpaired) electrons. The van der Waals surface area contributed by atoms with E-state index in [2.05, 4.69) is 75.9 Å². The third kappa shape index (κ3) is 6.59. The van der Waals surface area contributed by atoms with E-state index in [4.69, 9.17) is 16.3 Å². The van der Waals surface area contributed by atoms with Crippen molar-refractivity contribution >= 4 is 40.4 Å². The molecule has 3 aromatic rings. The van der Waals surface area contributed by atoms with Gasteiger partial charge in [-0.1, -0.05) is 50.6 Å². The number of para-hydroxylation sites is 1. The molecule has 1 aliphatic heterocycles. The van der Waals surface area contributed by atoms with Crippen molar-refractivity contribution in [3.63, 3.8) is 0 Å². The summed E-state index contributed by atoms with van der Waals surface area (Å²) in [4.78, 5) is 11.5. The summed E-state index contributed by atoms with van der Waals surface area (Å²) in [5, 5.41) is 10.7. The van der Waals surface area contributed by atoms with Crippen molar-refractivity contribution < 1.29 is 4.74 Å². The maximum absolute atomic E-state index is 6.47. The Morgan fingerprint density at radius 1 is 1.11 bits per heavy atom. The highest BCUT2D eigenvalue weighted by molar-refractivity contribution is 6.32. The number of nitrogens with zero attached hydrogens (tertiary/aromatic N) is 3. The Kier molecular flexibility index (Phi) is 8.88. The third-order valence-electron chi connectivity index (χ3n) is 6.20. The SMILES string of the molecule is CCN[C@@H]1CCN(c2ccc(Nc3ncc(Cl)c(Nc4ccccc4CC(C)C)n3)c(OCC)c2)C1. The van der Waals surface area contributed by atoms with Gasteiger partial charge in [0.2, 0.25) is 5.95 Å². The Balaban J connectivity index is 1.54. The molecule has 7 nitrogen and oxygen atoms in total. The van der Waals surface area contributed by atoms with Crippen molar-refractivity contribution in [2.45, 2.75) is 46.6 Å². The van der Waals surface area contributed by atoms with E-state index < -0.39 is 0 Å². The summed E-state index contributed by atoms with van der Waals surface area (Å²) in [5.74, 6) is 2.33. The average molecular weight is 509 g/mol. The lowest BCUT2D eigenvalue weighted by Crippen LogP contribution is -2.32. The number of benzene rings is 2. The second kappa shape index (κ2) is 12.3. The number of hydrogen-bond acceptors (Lipinski definition) is 7. The molecule has 4 rings (SSSR count). The molecule has 0 spiro atoms. The van der Waals surface area contributed by atoms with Gasteiger partial charge in [0.25, 0.3) is 0 Å². The van der Waals surface area contributed by atoms with Crippen LogP contribution < -0.4 is 25.6 Å². The largest absolute Gasteiger partial charge is 0.492 e. The van der Waals surface area contributed by atoms with Gasteiger partial charge in [-0.05, 0) is 56.0 Å². The molecule has 2 aromatic carbocycles. The molecule has 1 saturated heterocycles. The van der Waals surface area contributed by atoms with E-state index in [-0.39, 0.29) is 0 Å². The second-order valence-electron chi connectivity index (χ2n) is 9.50.